The van der Waals surface area contributed by atoms with Crippen molar-refractivity contribution in [2.24, 2.45) is 5.73 Å². The molecule has 4 nitrogen and oxygen atoms in total. The maximum atomic E-state index is 11.5. The topological polar surface area (TPSA) is 63.4 Å². The van der Waals surface area contributed by atoms with Gasteiger partial charge in [0, 0.05) is 25.2 Å². The van der Waals surface area contributed by atoms with Crippen molar-refractivity contribution >= 4 is 9.84 Å². The highest BCUT2D eigenvalue weighted by Gasteiger charge is 2.34. The Morgan fingerprint density at radius 2 is 2.00 bits per heavy atom. The Morgan fingerprint density at radius 3 is 2.38 bits per heavy atom. The van der Waals surface area contributed by atoms with Crippen LogP contribution in [0.15, 0.2) is 0 Å². The molecule has 16 heavy (non-hydrogen) atoms. The standard InChI is InChI=1S/C11H24N2O2S/c1-3-10(4-2)13(7-6-12)11-5-8-16(14,15)9-11/h10-11H,3-9,12H2,1-2H3. The molecule has 0 radical (unpaired) electrons. The Bertz CT molecular complexity index is 299. The maximum absolute atomic E-state index is 11.5. The van der Waals surface area contributed by atoms with Crippen LogP contribution in [0.3, 0.4) is 0 Å². The molecule has 0 bridgehead atoms. The van der Waals surface area contributed by atoms with E-state index in [-0.39, 0.29) is 6.04 Å². The van der Waals surface area contributed by atoms with Crippen LogP contribution in [-0.2, 0) is 9.84 Å². The Labute approximate surface area is 99.1 Å². The van der Waals surface area contributed by atoms with Crippen LogP contribution in [0.2, 0.25) is 0 Å². The summed E-state index contributed by atoms with van der Waals surface area (Å²) in [6.07, 6.45) is 2.90. The number of hydrogen-bond donors (Lipinski definition) is 1. The van der Waals surface area contributed by atoms with E-state index in [1.807, 2.05) is 0 Å². The van der Waals surface area contributed by atoms with Gasteiger partial charge in [-0.05, 0) is 19.3 Å². The molecule has 0 aromatic rings. The summed E-state index contributed by atoms with van der Waals surface area (Å²) in [4.78, 5) is 2.31. The molecule has 0 saturated carbocycles. The van der Waals surface area contributed by atoms with Gasteiger partial charge in [0.25, 0.3) is 0 Å². The van der Waals surface area contributed by atoms with Crippen molar-refractivity contribution in [1.29, 1.82) is 0 Å². The van der Waals surface area contributed by atoms with Crippen molar-refractivity contribution in [2.45, 2.75) is 45.2 Å². The molecule has 1 unspecified atom stereocenters. The van der Waals surface area contributed by atoms with E-state index in [4.69, 9.17) is 5.73 Å². The number of sulfone groups is 1. The molecule has 1 rings (SSSR count). The van der Waals surface area contributed by atoms with E-state index in [1.165, 1.54) is 0 Å². The quantitative estimate of drug-likeness (QED) is 0.748. The second-order valence-electron chi connectivity index (χ2n) is 4.55. The van der Waals surface area contributed by atoms with Crippen molar-refractivity contribution in [1.82, 2.24) is 4.90 Å². The first-order valence-electron chi connectivity index (χ1n) is 6.20. The molecule has 0 spiro atoms. The molecule has 1 aliphatic heterocycles. The van der Waals surface area contributed by atoms with E-state index in [1.54, 1.807) is 0 Å². The SMILES string of the molecule is CCC(CC)N(CCN)C1CCS(=O)(=O)C1. The summed E-state index contributed by atoms with van der Waals surface area (Å²) in [6, 6.07) is 0.667. The first-order chi connectivity index (χ1) is 7.54. The molecule has 0 aromatic carbocycles. The molecule has 96 valence electrons. The van der Waals surface area contributed by atoms with Gasteiger partial charge in [-0.15, -0.1) is 0 Å². The normalized spacial score (nSPS) is 24.4. The van der Waals surface area contributed by atoms with Crippen LogP contribution in [0, 0.1) is 0 Å². The van der Waals surface area contributed by atoms with E-state index in [0.29, 0.717) is 24.1 Å². The summed E-state index contributed by atoms with van der Waals surface area (Å²) in [7, 11) is -2.79. The lowest BCUT2D eigenvalue weighted by Crippen LogP contribution is -2.46. The van der Waals surface area contributed by atoms with Crippen molar-refractivity contribution in [3.8, 4) is 0 Å². The van der Waals surface area contributed by atoms with Crippen molar-refractivity contribution in [3.05, 3.63) is 0 Å². The monoisotopic (exact) mass is 248 g/mol. The number of nitrogens with zero attached hydrogens (tertiary/aromatic N) is 1. The van der Waals surface area contributed by atoms with E-state index in [2.05, 4.69) is 18.7 Å². The van der Waals surface area contributed by atoms with Gasteiger partial charge in [-0.25, -0.2) is 8.42 Å². The average molecular weight is 248 g/mol. The van der Waals surface area contributed by atoms with Gasteiger partial charge in [0.1, 0.15) is 0 Å². The Balaban J connectivity index is 2.70. The summed E-state index contributed by atoms with van der Waals surface area (Å²) in [5, 5.41) is 0. The molecule has 1 aliphatic rings. The fourth-order valence-corrected chi connectivity index (χ4v) is 4.35. The third kappa shape index (κ3) is 3.43. The molecule has 1 fully saturated rings. The summed E-state index contributed by atoms with van der Waals surface area (Å²) >= 11 is 0. The molecule has 0 aromatic heterocycles. The van der Waals surface area contributed by atoms with Gasteiger partial charge < -0.3 is 5.73 Å². The fraction of sp³-hybridized carbons (Fsp3) is 1.00. The van der Waals surface area contributed by atoms with Gasteiger partial charge in [-0.3, -0.25) is 4.90 Å². The second kappa shape index (κ2) is 5.98. The molecular weight excluding hydrogens is 224 g/mol. The van der Waals surface area contributed by atoms with Crippen LogP contribution in [-0.4, -0.2) is 50.0 Å². The van der Waals surface area contributed by atoms with E-state index in [9.17, 15) is 8.42 Å². The van der Waals surface area contributed by atoms with Crippen LogP contribution in [0.4, 0.5) is 0 Å². The minimum atomic E-state index is -2.79. The third-order valence-corrected chi connectivity index (χ3v) is 5.23. The zero-order chi connectivity index (χ0) is 12.2. The molecule has 1 saturated heterocycles. The summed E-state index contributed by atoms with van der Waals surface area (Å²) in [5.74, 6) is 0.669. The maximum Gasteiger partial charge on any atom is 0.151 e. The predicted molar refractivity (Wildman–Crippen MR) is 67.2 cm³/mol. The molecule has 0 amide bonds. The minimum absolute atomic E-state index is 0.193. The van der Waals surface area contributed by atoms with E-state index < -0.39 is 9.84 Å². The zero-order valence-corrected chi connectivity index (χ0v) is 11.2. The van der Waals surface area contributed by atoms with Crippen molar-refractivity contribution < 1.29 is 8.42 Å². The van der Waals surface area contributed by atoms with Gasteiger partial charge >= 0.3 is 0 Å². The Hall–Kier alpha value is -0.130. The van der Waals surface area contributed by atoms with Gasteiger partial charge in [0.15, 0.2) is 9.84 Å². The summed E-state index contributed by atoms with van der Waals surface area (Å²) < 4.78 is 23.0. The van der Waals surface area contributed by atoms with E-state index in [0.717, 1.165) is 25.8 Å². The summed E-state index contributed by atoms with van der Waals surface area (Å²) in [6.45, 7) is 5.72. The average Bonchev–Trinajstić information content (AvgIpc) is 2.59. The van der Waals surface area contributed by atoms with Gasteiger partial charge in [0.2, 0.25) is 0 Å². The second-order valence-corrected chi connectivity index (χ2v) is 6.78. The third-order valence-electron chi connectivity index (χ3n) is 3.48. The van der Waals surface area contributed by atoms with Crippen molar-refractivity contribution in [2.75, 3.05) is 24.6 Å². The first kappa shape index (κ1) is 13.9. The fourth-order valence-electron chi connectivity index (χ4n) is 2.61. The number of hydrogen-bond acceptors (Lipinski definition) is 4. The highest BCUT2D eigenvalue weighted by molar-refractivity contribution is 7.91. The van der Waals surface area contributed by atoms with Crippen LogP contribution in [0.5, 0.6) is 0 Å². The first-order valence-corrected chi connectivity index (χ1v) is 8.02. The molecular formula is C11H24N2O2S. The largest absolute Gasteiger partial charge is 0.329 e. The van der Waals surface area contributed by atoms with Crippen LogP contribution >= 0.6 is 0 Å². The van der Waals surface area contributed by atoms with Gasteiger partial charge in [-0.2, -0.15) is 0 Å². The Kier molecular flexibility index (Phi) is 5.21. The lowest BCUT2D eigenvalue weighted by atomic mass is 10.1. The smallest absolute Gasteiger partial charge is 0.151 e. The zero-order valence-electron chi connectivity index (χ0n) is 10.4. The van der Waals surface area contributed by atoms with Crippen LogP contribution in [0.25, 0.3) is 0 Å². The highest BCUT2D eigenvalue weighted by atomic mass is 32.2. The van der Waals surface area contributed by atoms with E-state index >= 15 is 0 Å². The van der Waals surface area contributed by atoms with Crippen LogP contribution in [0.1, 0.15) is 33.1 Å². The molecule has 0 aliphatic carbocycles. The van der Waals surface area contributed by atoms with Gasteiger partial charge in [-0.1, -0.05) is 13.8 Å². The lowest BCUT2D eigenvalue weighted by Gasteiger charge is -2.34. The van der Waals surface area contributed by atoms with Crippen LogP contribution < -0.4 is 5.73 Å². The molecule has 2 N–H and O–H groups in total. The lowest BCUT2D eigenvalue weighted by molar-refractivity contribution is 0.142. The molecule has 5 heteroatoms. The predicted octanol–water partition coefficient (Wildman–Crippen LogP) is 0.623. The molecule has 1 atom stereocenters. The summed E-state index contributed by atoms with van der Waals surface area (Å²) in [5.41, 5.74) is 5.62. The van der Waals surface area contributed by atoms with Gasteiger partial charge in [0.05, 0.1) is 11.5 Å². The number of rotatable bonds is 6. The number of nitrogens with two attached hydrogens (primary N) is 1. The molecule has 1 heterocycles. The Morgan fingerprint density at radius 1 is 1.38 bits per heavy atom. The minimum Gasteiger partial charge on any atom is -0.329 e. The van der Waals surface area contributed by atoms with Crippen molar-refractivity contribution in [3.63, 3.8) is 0 Å². The highest BCUT2D eigenvalue weighted by Crippen LogP contribution is 2.21.